The lowest BCUT2D eigenvalue weighted by atomic mass is 10.1. The zero-order chi connectivity index (χ0) is 22.9. The van der Waals surface area contributed by atoms with Crippen LogP contribution in [0.1, 0.15) is 42.6 Å². The monoisotopic (exact) mass is 454 g/mol. The van der Waals surface area contributed by atoms with E-state index >= 15 is 0 Å². The van der Waals surface area contributed by atoms with Crippen LogP contribution in [0.4, 0.5) is 0 Å². The molecule has 2 aromatic heterocycles. The number of hydrogen-bond acceptors (Lipinski definition) is 5. The minimum absolute atomic E-state index is 0.0679. The van der Waals surface area contributed by atoms with Gasteiger partial charge < -0.3 is 14.9 Å². The zero-order valence-corrected chi connectivity index (χ0v) is 18.7. The van der Waals surface area contributed by atoms with E-state index < -0.39 is 11.9 Å². The Morgan fingerprint density at radius 2 is 1.97 bits per heavy atom. The Balaban J connectivity index is 1.92. The second-order valence-electron chi connectivity index (χ2n) is 7.26. The van der Waals surface area contributed by atoms with E-state index in [0.717, 1.165) is 35.7 Å². The van der Waals surface area contributed by atoms with Crippen molar-refractivity contribution in [2.75, 3.05) is 6.61 Å². The van der Waals surface area contributed by atoms with Gasteiger partial charge in [0.2, 0.25) is 0 Å². The highest BCUT2D eigenvalue weighted by atomic mass is 32.1. The SMILES string of the molecule is CCCCc1ncc(C=C(Cc2cccs2)C(=O)O)n1-c1ccc(OCCC(=O)O)cc1. The van der Waals surface area contributed by atoms with Gasteiger partial charge in [-0.1, -0.05) is 19.4 Å². The third-order valence-electron chi connectivity index (χ3n) is 4.84. The number of imidazole rings is 1. The Kier molecular flexibility index (Phi) is 8.21. The minimum Gasteiger partial charge on any atom is -0.493 e. The summed E-state index contributed by atoms with van der Waals surface area (Å²) in [6.07, 6.45) is 6.43. The normalized spacial score (nSPS) is 11.5. The van der Waals surface area contributed by atoms with E-state index in [1.165, 1.54) is 11.3 Å². The van der Waals surface area contributed by atoms with Crippen LogP contribution >= 0.6 is 11.3 Å². The molecule has 0 aliphatic heterocycles. The quantitative estimate of drug-likeness (QED) is 0.380. The van der Waals surface area contributed by atoms with Crippen molar-refractivity contribution in [1.29, 1.82) is 0 Å². The summed E-state index contributed by atoms with van der Waals surface area (Å²) >= 11 is 1.53. The van der Waals surface area contributed by atoms with Crippen molar-refractivity contribution in [3.05, 3.63) is 69.9 Å². The largest absolute Gasteiger partial charge is 0.493 e. The first-order valence-electron chi connectivity index (χ1n) is 10.5. The topological polar surface area (TPSA) is 102 Å². The van der Waals surface area contributed by atoms with E-state index in [0.29, 0.717) is 23.4 Å². The Morgan fingerprint density at radius 1 is 1.19 bits per heavy atom. The van der Waals surface area contributed by atoms with Crippen LogP contribution < -0.4 is 4.74 Å². The van der Waals surface area contributed by atoms with Crippen molar-refractivity contribution in [2.45, 2.75) is 39.0 Å². The lowest BCUT2D eigenvalue weighted by Crippen LogP contribution is -2.07. The van der Waals surface area contributed by atoms with Gasteiger partial charge in [0, 0.05) is 29.0 Å². The summed E-state index contributed by atoms with van der Waals surface area (Å²) in [5.74, 6) is -0.429. The number of nitrogens with zero attached hydrogens (tertiary/aromatic N) is 2. The van der Waals surface area contributed by atoms with E-state index in [4.69, 9.17) is 9.84 Å². The Labute approximate surface area is 190 Å². The third kappa shape index (κ3) is 6.31. The summed E-state index contributed by atoms with van der Waals surface area (Å²) < 4.78 is 7.44. The summed E-state index contributed by atoms with van der Waals surface area (Å²) in [6.45, 7) is 2.21. The van der Waals surface area contributed by atoms with E-state index in [-0.39, 0.29) is 13.0 Å². The van der Waals surface area contributed by atoms with Crippen molar-refractivity contribution in [1.82, 2.24) is 9.55 Å². The van der Waals surface area contributed by atoms with Gasteiger partial charge in [0.25, 0.3) is 0 Å². The zero-order valence-electron chi connectivity index (χ0n) is 17.9. The van der Waals surface area contributed by atoms with Crippen LogP contribution in [0.15, 0.2) is 53.5 Å². The number of carboxylic acid groups (broad SMARTS) is 2. The molecule has 32 heavy (non-hydrogen) atoms. The van der Waals surface area contributed by atoms with E-state index in [1.807, 2.05) is 34.2 Å². The highest BCUT2D eigenvalue weighted by Crippen LogP contribution is 2.23. The molecule has 0 radical (unpaired) electrons. The van der Waals surface area contributed by atoms with Gasteiger partial charge in [0.1, 0.15) is 11.6 Å². The van der Waals surface area contributed by atoms with Crippen LogP contribution in [0.2, 0.25) is 0 Å². The number of benzene rings is 1. The van der Waals surface area contributed by atoms with Gasteiger partial charge in [0.05, 0.1) is 24.9 Å². The van der Waals surface area contributed by atoms with Crippen molar-refractivity contribution in [2.24, 2.45) is 0 Å². The fourth-order valence-electron chi connectivity index (χ4n) is 3.23. The molecule has 3 aromatic rings. The number of aliphatic carboxylic acids is 2. The molecule has 7 nitrogen and oxygen atoms in total. The molecule has 0 fully saturated rings. The summed E-state index contributed by atoms with van der Waals surface area (Å²) in [5.41, 5.74) is 1.83. The Morgan fingerprint density at radius 3 is 2.59 bits per heavy atom. The minimum atomic E-state index is -0.955. The van der Waals surface area contributed by atoms with Crippen LogP contribution in [0.3, 0.4) is 0 Å². The smallest absolute Gasteiger partial charge is 0.332 e. The number of rotatable bonds is 12. The molecular weight excluding hydrogens is 428 g/mol. The van der Waals surface area contributed by atoms with Gasteiger partial charge in [-0.25, -0.2) is 9.78 Å². The fourth-order valence-corrected chi connectivity index (χ4v) is 3.96. The number of carbonyl (C=O) groups is 2. The second-order valence-corrected chi connectivity index (χ2v) is 8.29. The highest BCUT2D eigenvalue weighted by Gasteiger charge is 2.15. The Bertz CT molecular complexity index is 1070. The maximum absolute atomic E-state index is 11.9. The number of carboxylic acids is 2. The second kappa shape index (κ2) is 11.3. The Hall–Kier alpha value is -3.39. The average molecular weight is 455 g/mol. The van der Waals surface area contributed by atoms with E-state index in [1.54, 1.807) is 24.4 Å². The molecule has 2 heterocycles. The van der Waals surface area contributed by atoms with Gasteiger partial charge in [-0.15, -0.1) is 11.3 Å². The molecule has 8 heteroatoms. The maximum atomic E-state index is 11.9. The molecule has 0 spiro atoms. The van der Waals surface area contributed by atoms with Crippen molar-refractivity contribution < 1.29 is 24.5 Å². The summed E-state index contributed by atoms with van der Waals surface area (Å²) in [4.78, 5) is 28.1. The molecule has 3 rings (SSSR count). The summed E-state index contributed by atoms with van der Waals surface area (Å²) in [7, 11) is 0. The number of hydrogen-bond donors (Lipinski definition) is 2. The van der Waals surface area contributed by atoms with Crippen LogP contribution in [0.5, 0.6) is 5.75 Å². The number of thiophene rings is 1. The molecule has 168 valence electrons. The molecule has 0 aliphatic carbocycles. The average Bonchev–Trinajstić information content (AvgIpc) is 3.42. The number of aromatic nitrogens is 2. The molecule has 0 saturated heterocycles. The van der Waals surface area contributed by atoms with Gasteiger partial charge >= 0.3 is 11.9 Å². The molecule has 1 aromatic carbocycles. The lowest BCUT2D eigenvalue weighted by Gasteiger charge is -2.12. The predicted molar refractivity (Wildman–Crippen MR) is 124 cm³/mol. The van der Waals surface area contributed by atoms with Crippen molar-refractivity contribution >= 4 is 29.4 Å². The van der Waals surface area contributed by atoms with Crippen LogP contribution in [-0.2, 0) is 22.4 Å². The molecule has 0 unspecified atom stereocenters. The fraction of sp³-hybridized carbons (Fsp3) is 0.292. The number of ether oxygens (including phenoxy) is 1. The van der Waals surface area contributed by atoms with Crippen LogP contribution in [0, 0.1) is 0 Å². The summed E-state index contributed by atoms with van der Waals surface area (Å²) in [5, 5.41) is 20.4. The third-order valence-corrected chi connectivity index (χ3v) is 5.71. The number of unbranched alkanes of at least 4 members (excludes halogenated alkanes) is 1. The first kappa shape index (κ1) is 23.3. The van der Waals surface area contributed by atoms with Gasteiger partial charge in [-0.05, 0) is 48.2 Å². The molecule has 0 bridgehead atoms. The highest BCUT2D eigenvalue weighted by molar-refractivity contribution is 7.09. The predicted octanol–water partition coefficient (Wildman–Crippen LogP) is 4.84. The van der Waals surface area contributed by atoms with Gasteiger partial charge in [-0.2, -0.15) is 0 Å². The molecule has 0 amide bonds. The first-order valence-corrected chi connectivity index (χ1v) is 11.3. The van der Waals surface area contributed by atoms with Crippen LogP contribution in [-0.4, -0.2) is 38.3 Å². The standard InChI is InChI=1S/C24H26N2O5S/c1-2-3-6-22-25-16-19(14-17(24(29)30)15-21-5-4-13-32-21)26(22)18-7-9-20(10-8-18)31-12-11-23(27)28/h4-5,7-10,13-14,16H,2-3,6,11-12,15H2,1H3,(H,27,28)(H,29,30). The van der Waals surface area contributed by atoms with Gasteiger partial charge in [0.15, 0.2) is 0 Å². The van der Waals surface area contributed by atoms with Crippen LogP contribution in [0.25, 0.3) is 11.8 Å². The maximum Gasteiger partial charge on any atom is 0.332 e. The summed E-state index contributed by atoms with van der Waals surface area (Å²) in [6, 6.07) is 11.1. The molecule has 0 aliphatic rings. The molecular formula is C24H26N2O5S. The van der Waals surface area contributed by atoms with E-state index in [2.05, 4.69) is 11.9 Å². The van der Waals surface area contributed by atoms with Gasteiger partial charge in [-0.3, -0.25) is 9.36 Å². The first-order chi connectivity index (χ1) is 15.5. The van der Waals surface area contributed by atoms with E-state index in [9.17, 15) is 14.7 Å². The molecule has 0 saturated carbocycles. The lowest BCUT2D eigenvalue weighted by molar-refractivity contribution is -0.137. The molecule has 2 N–H and O–H groups in total. The number of aryl methyl sites for hydroxylation is 1. The molecule has 0 atom stereocenters. The van der Waals surface area contributed by atoms with Crippen molar-refractivity contribution in [3.8, 4) is 11.4 Å². The van der Waals surface area contributed by atoms with Crippen molar-refractivity contribution in [3.63, 3.8) is 0 Å².